The average Bonchev–Trinajstić information content (AvgIpc) is 2.46. The van der Waals surface area contributed by atoms with E-state index in [1.54, 1.807) is 17.0 Å². The van der Waals surface area contributed by atoms with Gasteiger partial charge in [0.25, 0.3) is 0 Å². The number of ether oxygens (including phenoxy) is 1. The topological polar surface area (TPSA) is 61.8 Å². The Kier molecular flexibility index (Phi) is 6.31. The Balaban J connectivity index is 2.58. The molecule has 1 aromatic rings. The van der Waals surface area contributed by atoms with Crippen molar-refractivity contribution in [2.75, 3.05) is 20.2 Å². The smallest absolute Gasteiger partial charge is 0.239 e. The zero-order chi connectivity index (χ0) is 15.1. The minimum Gasteiger partial charge on any atom is -0.504 e. The van der Waals surface area contributed by atoms with E-state index in [0.717, 1.165) is 5.56 Å². The third-order valence-corrected chi connectivity index (χ3v) is 3.30. The zero-order valence-corrected chi connectivity index (χ0v) is 12.6. The molecule has 20 heavy (non-hydrogen) atoms. The second-order valence-corrected chi connectivity index (χ2v) is 4.62. The van der Waals surface area contributed by atoms with Crippen LogP contribution in [0.4, 0.5) is 0 Å². The van der Waals surface area contributed by atoms with Crippen LogP contribution in [0, 0.1) is 0 Å². The molecule has 112 valence electrons. The predicted molar refractivity (Wildman–Crippen MR) is 78.9 cm³/mol. The Morgan fingerprint density at radius 3 is 2.55 bits per heavy atom. The molecule has 0 aliphatic rings. The fraction of sp³-hybridized carbons (Fsp3) is 0.533. The molecular formula is C15H24N2O3. The van der Waals surface area contributed by atoms with E-state index in [4.69, 9.17) is 4.74 Å². The number of likely N-dealkylation sites (N-methyl/N-ethyl adjacent to an activating group) is 1. The van der Waals surface area contributed by atoms with E-state index in [-0.39, 0.29) is 17.7 Å². The van der Waals surface area contributed by atoms with Crippen LogP contribution in [0.25, 0.3) is 0 Å². The summed E-state index contributed by atoms with van der Waals surface area (Å²) < 4.78 is 4.99. The minimum absolute atomic E-state index is 0.0905. The standard InChI is InChI=1S/C15H24N2O3/c1-5-17(6-2)15(19)11(3)16-10-12-7-8-14(20-4)13(18)9-12/h7-9,11,16,18H,5-6,10H2,1-4H3. The Bertz CT molecular complexity index is 445. The van der Waals surface area contributed by atoms with E-state index < -0.39 is 0 Å². The molecule has 5 heteroatoms. The molecule has 1 atom stereocenters. The first kappa shape index (κ1) is 16.3. The van der Waals surface area contributed by atoms with Crippen molar-refractivity contribution in [1.82, 2.24) is 10.2 Å². The van der Waals surface area contributed by atoms with Crippen LogP contribution >= 0.6 is 0 Å². The van der Waals surface area contributed by atoms with Gasteiger partial charge in [-0.1, -0.05) is 6.07 Å². The summed E-state index contributed by atoms with van der Waals surface area (Å²) in [5.74, 6) is 0.642. The fourth-order valence-corrected chi connectivity index (χ4v) is 2.01. The van der Waals surface area contributed by atoms with Gasteiger partial charge in [0, 0.05) is 19.6 Å². The third-order valence-electron chi connectivity index (χ3n) is 3.30. The zero-order valence-electron chi connectivity index (χ0n) is 12.6. The van der Waals surface area contributed by atoms with Crippen molar-refractivity contribution in [3.63, 3.8) is 0 Å². The SMILES string of the molecule is CCN(CC)C(=O)C(C)NCc1ccc(OC)c(O)c1. The number of phenolic OH excluding ortho intramolecular Hbond substituents is 1. The van der Waals surface area contributed by atoms with Crippen LogP contribution in [0.1, 0.15) is 26.3 Å². The summed E-state index contributed by atoms with van der Waals surface area (Å²) in [4.78, 5) is 13.9. The van der Waals surface area contributed by atoms with Gasteiger partial charge in [-0.05, 0) is 38.5 Å². The predicted octanol–water partition coefficient (Wildman–Crippen LogP) is 1.75. The van der Waals surface area contributed by atoms with Crippen molar-refractivity contribution in [2.45, 2.75) is 33.4 Å². The molecule has 0 saturated carbocycles. The lowest BCUT2D eigenvalue weighted by Crippen LogP contribution is -2.44. The van der Waals surface area contributed by atoms with Crippen molar-refractivity contribution in [3.8, 4) is 11.5 Å². The highest BCUT2D eigenvalue weighted by atomic mass is 16.5. The van der Waals surface area contributed by atoms with Crippen molar-refractivity contribution in [2.24, 2.45) is 0 Å². The lowest BCUT2D eigenvalue weighted by Gasteiger charge is -2.23. The highest BCUT2D eigenvalue weighted by molar-refractivity contribution is 5.81. The molecule has 5 nitrogen and oxygen atoms in total. The maximum Gasteiger partial charge on any atom is 0.239 e. The molecule has 1 aromatic carbocycles. The normalized spacial score (nSPS) is 12.0. The number of nitrogens with one attached hydrogen (secondary N) is 1. The van der Waals surface area contributed by atoms with E-state index in [1.807, 2.05) is 26.8 Å². The van der Waals surface area contributed by atoms with Gasteiger partial charge in [-0.2, -0.15) is 0 Å². The molecule has 0 saturated heterocycles. The van der Waals surface area contributed by atoms with Gasteiger partial charge in [0.05, 0.1) is 13.2 Å². The number of benzene rings is 1. The highest BCUT2D eigenvalue weighted by Crippen LogP contribution is 2.26. The molecule has 0 aromatic heterocycles. The van der Waals surface area contributed by atoms with Crippen LogP contribution in [0.2, 0.25) is 0 Å². The number of amides is 1. The summed E-state index contributed by atoms with van der Waals surface area (Å²) in [6.07, 6.45) is 0. The monoisotopic (exact) mass is 280 g/mol. The van der Waals surface area contributed by atoms with Gasteiger partial charge in [-0.15, -0.1) is 0 Å². The lowest BCUT2D eigenvalue weighted by molar-refractivity contribution is -0.132. The van der Waals surface area contributed by atoms with Crippen molar-refractivity contribution < 1.29 is 14.6 Å². The average molecular weight is 280 g/mol. The number of aromatic hydroxyl groups is 1. The largest absolute Gasteiger partial charge is 0.504 e. The van der Waals surface area contributed by atoms with Gasteiger partial charge in [-0.3, -0.25) is 4.79 Å². The van der Waals surface area contributed by atoms with Crippen molar-refractivity contribution in [3.05, 3.63) is 23.8 Å². The Morgan fingerprint density at radius 2 is 2.05 bits per heavy atom. The molecule has 1 rings (SSSR count). The Morgan fingerprint density at radius 1 is 1.40 bits per heavy atom. The summed E-state index contributed by atoms with van der Waals surface area (Å²) in [5, 5.41) is 12.9. The molecule has 0 spiro atoms. The molecule has 1 unspecified atom stereocenters. The van der Waals surface area contributed by atoms with E-state index in [9.17, 15) is 9.90 Å². The molecule has 0 fully saturated rings. The van der Waals surface area contributed by atoms with Gasteiger partial charge in [0.15, 0.2) is 11.5 Å². The fourth-order valence-electron chi connectivity index (χ4n) is 2.01. The first-order valence-corrected chi connectivity index (χ1v) is 6.91. The van der Waals surface area contributed by atoms with Crippen LogP contribution in [0.3, 0.4) is 0 Å². The number of carbonyl (C=O) groups excluding carboxylic acids is 1. The molecule has 0 radical (unpaired) electrons. The van der Waals surface area contributed by atoms with Gasteiger partial charge < -0.3 is 20.1 Å². The summed E-state index contributed by atoms with van der Waals surface area (Å²) >= 11 is 0. The van der Waals surface area contributed by atoms with Crippen LogP contribution in [0.15, 0.2) is 18.2 Å². The van der Waals surface area contributed by atoms with Crippen LogP contribution < -0.4 is 10.1 Å². The third kappa shape index (κ3) is 4.13. The maximum absolute atomic E-state index is 12.1. The number of methoxy groups -OCH3 is 1. The summed E-state index contributed by atoms with van der Waals surface area (Å²) in [6, 6.07) is 4.96. The van der Waals surface area contributed by atoms with Crippen LogP contribution in [0.5, 0.6) is 11.5 Å². The van der Waals surface area contributed by atoms with Gasteiger partial charge in [0.2, 0.25) is 5.91 Å². The van der Waals surface area contributed by atoms with Crippen molar-refractivity contribution in [1.29, 1.82) is 0 Å². The van der Waals surface area contributed by atoms with Gasteiger partial charge in [0.1, 0.15) is 0 Å². The second-order valence-electron chi connectivity index (χ2n) is 4.62. The molecule has 0 heterocycles. The lowest BCUT2D eigenvalue weighted by atomic mass is 10.2. The minimum atomic E-state index is -0.251. The quantitative estimate of drug-likeness (QED) is 0.799. The first-order chi connectivity index (χ1) is 9.53. The highest BCUT2D eigenvalue weighted by Gasteiger charge is 2.17. The van der Waals surface area contributed by atoms with Crippen LogP contribution in [-0.4, -0.2) is 42.2 Å². The molecule has 0 bridgehead atoms. The molecule has 0 aliphatic carbocycles. The maximum atomic E-state index is 12.1. The first-order valence-electron chi connectivity index (χ1n) is 6.91. The Labute approximate surface area is 120 Å². The van der Waals surface area contributed by atoms with Crippen LogP contribution in [-0.2, 0) is 11.3 Å². The van der Waals surface area contributed by atoms with E-state index in [1.165, 1.54) is 7.11 Å². The number of rotatable bonds is 7. The second kappa shape index (κ2) is 7.75. The summed E-state index contributed by atoms with van der Waals surface area (Å²) in [7, 11) is 1.51. The number of hydrogen-bond acceptors (Lipinski definition) is 4. The van der Waals surface area contributed by atoms with E-state index in [2.05, 4.69) is 5.32 Å². The number of carbonyl (C=O) groups is 1. The summed E-state index contributed by atoms with van der Waals surface area (Å²) in [5.41, 5.74) is 0.905. The number of nitrogens with zero attached hydrogens (tertiary/aromatic N) is 1. The van der Waals surface area contributed by atoms with Crippen molar-refractivity contribution >= 4 is 5.91 Å². The molecule has 2 N–H and O–H groups in total. The molecule has 0 aliphatic heterocycles. The number of phenols is 1. The number of hydrogen-bond donors (Lipinski definition) is 2. The Hall–Kier alpha value is -1.75. The van der Waals surface area contributed by atoms with Gasteiger partial charge >= 0.3 is 0 Å². The van der Waals surface area contributed by atoms with Gasteiger partial charge in [-0.25, -0.2) is 0 Å². The van der Waals surface area contributed by atoms with E-state index in [0.29, 0.717) is 25.4 Å². The molecule has 1 amide bonds. The summed E-state index contributed by atoms with van der Waals surface area (Å²) in [6.45, 7) is 7.73. The molecular weight excluding hydrogens is 256 g/mol. The van der Waals surface area contributed by atoms with E-state index >= 15 is 0 Å².